The number of hydrogen-bond acceptors (Lipinski definition) is 4. The monoisotopic (exact) mass is 320 g/mol. The average Bonchev–Trinajstić information content (AvgIpc) is 2.34. The third-order valence-electron chi connectivity index (χ3n) is 2.60. The van der Waals surface area contributed by atoms with E-state index < -0.39 is 16.0 Å². The minimum Gasteiger partial charge on any atom is -0.545 e. The fourth-order valence-corrected chi connectivity index (χ4v) is 3.16. The summed E-state index contributed by atoms with van der Waals surface area (Å²) in [7, 11) is 0.107. The van der Waals surface area contributed by atoms with Crippen molar-refractivity contribution in [3.8, 4) is 0 Å². The van der Waals surface area contributed by atoms with Crippen molar-refractivity contribution in [2.45, 2.75) is 11.3 Å². The highest BCUT2D eigenvalue weighted by atomic mass is 35.5. The van der Waals surface area contributed by atoms with Crippen LogP contribution in [-0.4, -0.2) is 41.6 Å². The van der Waals surface area contributed by atoms with E-state index in [9.17, 15) is 18.3 Å². The van der Waals surface area contributed by atoms with Crippen LogP contribution < -0.4 is 14.7 Å². The summed E-state index contributed by atoms with van der Waals surface area (Å²) in [5.74, 6) is -1.45. The zero-order valence-corrected chi connectivity index (χ0v) is 12.8. The number of rotatable bonds is 7. The van der Waals surface area contributed by atoms with Gasteiger partial charge >= 0.3 is 0 Å². The molecule has 112 valence electrons. The van der Waals surface area contributed by atoms with Crippen molar-refractivity contribution in [1.82, 2.24) is 4.72 Å². The van der Waals surface area contributed by atoms with Crippen molar-refractivity contribution in [3.05, 3.63) is 28.8 Å². The number of carboxylic acids is 1. The van der Waals surface area contributed by atoms with Crippen molar-refractivity contribution in [2.75, 3.05) is 27.2 Å². The number of benzene rings is 1. The molecule has 0 fully saturated rings. The van der Waals surface area contributed by atoms with Gasteiger partial charge in [0, 0.05) is 13.0 Å². The molecule has 0 aliphatic rings. The number of aromatic carboxylic acids is 1. The van der Waals surface area contributed by atoms with Crippen LogP contribution in [-0.2, 0) is 10.0 Å². The first-order chi connectivity index (χ1) is 9.24. The number of carboxylic acid groups (broad SMARTS) is 1. The number of nitrogens with one attached hydrogen (secondary N) is 2. The van der Waals surface area contributed by atoms with Gasteiger partial charge in [-0.3, -0.25) is 0 Å². The zero-order chi connectivity index (χ0) is 15.3. The second-order valence-corrected chi connectivity index (χ2v) is 6.78. The van der Waals surface area contributed by atoms with Crippen LogP contribution >= 0.6 is 11.6 Å². The summed E-state index contributed by atoms with van der Waals surface area (Å²) in [5.41, 5.74) is -0.229. The fourth-order valence-electron chi connectivity index (χ4n) is 1.56. The number of carbonyl (C=O) groups is 1. The summed E-state index contributed by atoms with van der Waals surface area (Å²) in [6.45, 7) is 1.08. The molecule has 0 saturated heterocycles. The van der Waals surface area contributed by atoms with Gasteiger partial charge in [0.15, 0.2) is 0 Å². The Morgan fingerprint density at radius 1 is 1.40 bits per heavy atom. The predicted octanol–water partition coefficient (Wildman–Crippen LogP) is -1.48. The average molecular weight is 321 g/mol. The Morgan fingerprint density at radius 3 is 2.60 bits per heavy atom. The lowest BCUT2D eigenvalue weighted by molar-refractivity contribution is -0.858. The van der Waals surface area contributed by atoms with Crippen molar-refractivity contribution in [1.29, 1.82) is 0 Å². The summed E-state index contributed by atoms with van der Waals surface area (Å²) in [5, 5.41) is 10.7. The normalized spacial score (nSPS) is 11.8. The summed E-state index contributed by atoms with van der Waals surface area (Å²) in [6, 6.07) is 3.43. The lowest BCUT2D eigenvalue weighted by atomic mass is 10.2. The molecular formula is C12H17ClN2O4S. The number of carbonyl (C=O) groups excluding carboxylic acids is 1. The second kappa shape index (κ2) is 7.03. The van der Waals surface area contributed by atoms with Crippen LogP contribution in [0.4, 0.5) is 0 Å². The van der Waals surface area contributed by atoms with Gasteiger partial charge in [0.2, 0.25) is 10.0 Å². The molecule has 20 heavy (non-hydrogen) atoms. The Morgan fingerprint density at radius 2 is 2.05 bits per heavy atom. The van der Waals surface area contributed by atoms with Crippen LogP contribution in [0.5, 0.6) is 0 Å². The van der Waals surface area contributed by atoms with Crippen molar-refractivity contribution >= 4 is 27.6 Å². The number of quaternary nitrogens is 1. The first-order valence-electron chi connectivity index (χ1n) is 6.03. The summed E-state index contributed by atoms with van der Waals surface area (Å²) < 4.78 is 26.5. The minimum absolute atomic E-state index is 0.0271. The third-order valence-corrected chi connectivity index (χ3v) is 4.54. The number of halogens is 1. The van der Waals surface area contributed by atoms with Crippen molar-refractivity contribution in [3.63, 3.8) is 0 Å². The highest BCUT2D eigenvalue weighted by molar-refractivity contribution is 7.89. The van der Waals surface area contributed by atoms with Gasteiger partial charge in [-0.25, -0.2) is 13.1 Å². The molecule has 6 nitrogen and oxygen atoms in total. The molecule has 0 amide bonds. The van der Waals surface area contributed by atoms with Gasteiger partial charge in [0.25, 0.3) is 0 Å². The molecule has 0 unspecified atom stereocenters. The third kappa shape index (κ3) is 4.75. The van der Waals surface area contributed by atoms with Crippen LogP contribution in [0.25, 0.3) is 0 Å². The van der Waals surface area contributed by atoms with Crippen LogP contribution in [0.2, 0.25) is 5.02 Å². The smallest absolute Gasteiger partial charge is 0.242 e. The second-order valence-electron chi connectivity index (χ2n) is 4.64. The number of hydrogen-bond donors (Lipinski definition) is 2. The first-order valence-corrected chi connectivity index (χ1v) is 7.90. The number of sulfonamides is 1. The molecule has 0 bridgehead atoms. The summed E-state index contributed by atoms with van der Waals surface area (Å²) in [4.78, 5) is 11.7. The standard InChI is InChI=1S/C12H17ClN2O4S/c1-15(2)7-3-6-14-20(18,19)11-8-9(12(16)17)4-5-10(11)13/h4-5,8,14H,3,6-7H2,1-2H3,(H,16,17). The predicted molar refractivity (Wildman–Crippen MR) is 73.3 cm³/mol. The molecule has 1 rings (SSSR count). The van der Waals surface area contributed by atoms with E-state index in [0.29, 0.717) is 6.42 Å². The Kier molecular flexibility index (Phi) is 5.94. The lowest BCUT2D eigenvalue weighted by Gasteiger charge is -2.11. The topological polar surface area (TPSA) is 90.7 Å². The molecule has 1 aromatic carbocycles. The van der Waals surface area contributed by atoms with Gasteiger partial charge < -0.3 is 14.8 Å². The highest BCUT2D eigenvalue weighted by Crippen LogP contribution is 2.22. The molecule has 0 aliphatic heterocycles. The Balaban J connectivity index is 2.86. The maximum atomic E-state index is 12.1. The molecule has 2 N–H and O–H groups in total. The largest absolute Gasteiger partial charge is 0.545 e. The van der Waals surface area contributed by atoms with E-state index >= 15 is 0 Å². The minimum atomic E-state index is -3.83. The van der Waals surface area contributed by atoms with Gasteiger partial charge in [-0.2, -0.15) is 0 Å². The Bertz CT molecular complexity index is 587. The van der Waals surface area contributed by atoms with E-state index in [1.165, 1.54) is 17.0 Å². The van der Waals surface area contributed by atoms with Crippen LogP contribution in [0.3, 0.4) is 0 Å². The van der Waals surface area contributed by atoms with E-state index in [2.05, 4.69) is 4.72 Å². The molecule has 0 heterocycles. The lowest BCUT2D eigenvalue weighted by Crippen LogP contribution is -3.05. The molecule has 0 aromatic heterocycles. The van der Waals surface area contributed by atoms with Gasteiger partial charge in [-0.15, -0.1) is 0 Å². The molecule has 0 spiro atoms. The summed E-state index contributed by atoms with van der Waals surface area (Å²) >= 11 is 5.81. The van der Waals surface area contributed by atoms with Crippen LogP contribution in [0, 0.1) is 0 Å². The Hall–Kier alpha value is -1.15. The maximum Gasteiger partial charge on any atom is 0.242 e. The van der Waals surface area contributed by atoms with E-state index in [1.807, 2.05) is 14.1 Å². The van der Waals surface area contributed by atoms with E-state index in [4.69, 9.17) is 11.6 Å². The first kappa shape index (κ1) is 16.9. The highest BCUT2D eigenvalue weighted by Gasteiger charge is 2.18. The van der Waals surface area contributed by atoms with Crippen molar-refractivity contribution in [2.24, 2.45) is 0 Å². The zero-order valence-electron chi connectivity index (χ0n) is 11.3. The molecule has 1 aromatic rings. The summed E-state index contributed by atoms with van der Waals surface area (Å²) in [6.07, 6.45) is 0.666. The van der Waals surface area contributed by atoms with Gasteiger partial charge in [-0.05, 0) is 17.7 Å². The molecule has 0 atom stereocenters. The quantitative estimate of drug-likeness (QED) is 0.599. The van der Waals surface area contributed by atoms with E-state index in [0.717, 1.165) is 12.6 Å². The van der Waals surface area contributed by atoms with E-state index in [-0.39, 0.29) is 22.0 Å². The maximum absolute atomic E-state index is 12.1. The van der Waals surface area contributed by atoms with Crippen LogP contribution in [0.15, 0.2) is 23.1 Å². The molecule has 0 saturated carbocycles. The van der Waals surface area contributed by atoms with Gasteiger partial charge in [0.05, 0.1) is 31.6 Å². The molecule has 0 aliphatic carbocycles. The molecular weight excluding hydrogens is 304 g/mol. The fraction of sp³-hybridized carbons (Fsp3) is 0.417. The van der Waals surface area contributed by atoms with Gasteiger partial charge in [0.1, 0.15) is 4.90 Å². The van der Waals surface area contributed by atoms with Crippen LogP contribution in [0.1, 0.15) is 16.8 Å². The SMILES string of the molecule is C[NH+](C)CCCNS(=O)(=O)c1cc(C(=O)[O-])ccc1Cl. The van der Waals surface area contributed by atoms with E-state index in [1.54, 1.807) is 0 Å². The van der Waals surface area contributed by atoms with Gasteiger partial charge in [-0.1, -0.05) is 17.7 Å². The Labute approximate surface area is 123 Å². The molecule has 8 heteroatoms. The van der Waals surface area contributed by atoms with Crippen molar-refractivity contribution < 1.29 is 23.2 Å². The molecule has 0 radical (unpaired) electrons.